The average molecular weight is 542 g/mol. The molecule has 38 heavy (non-hydrogen) atoms. The Balaban J connectivity index is 1.40. The molecule has 3 heterocycles. The Morgan fingerprint density at radius 3 is 2.76 bits per heavy atom. The number of fused-ring (bicyclic) bond motifs is 1. The predicted octanol–water partition coefficient (Wildman–Crippen LogP) is 1.96. The summed E-state index contributed by atoms with van der Waals surface area (Å²) in [4.78, 5) is 38.0. The van der Waals surface area contributed by atoms with Crippen molar-refractivity contribution in [3.05, 3.63) is 41.4 Å². The molecule has 1 aliphatic heterocycles. The summed E-state index contributed by atoms with van der Waals surface area (Å²) in [6.07, 6.45) is 6.56. The van der Waals surface area contributed by atoms with E-state index < -0.39 is 24.1 Å². The summed E-state index contributed by atoms with van der Waals surface area (Å²) < 4.78 is 13.0. The number of halogens is 1. The van der Waals surface area contributed by atoms with E-state index >= 15 is 0 Å². The molecule has 3 atom stereocenters. The maximum atomic E-state index is 12.1. The van der Waals surface area contributed by atoms with Crippen molar-refractivity contribution in [2.45, 2.75) is 31.6 Å². The first kappa shape index (κ1) is 27.1. The van der Waals surface area contributed by atoms with Crippen LogP contribution in [0.1, 0.15) is 12.0 Å². The molecule has 3 aromatic rings. The van der Waals surface area contributed by atoms with Gasteiger partial charge in [-0.05, 0) is 35.7 Å². The molecule has 0 saturated carbocycles. The van der Waals surface area contributed by atoms with Crippen LogP contribution in [-0.4, -0.2) is 75.6 Å². The van der Waals surface area contributed by atoms with E-state index in [-0.39, 0.29) is 36.7 Å². The molecule has 1 aromatic carbocycles. The molecule has 12 nitrogen and oxygen atoms in total. The van der Waals surface area contributed by atoms with Gasteiger partial charge in [0.1, 0.15) is 5.52 Å². The minimum Gasteiger partial charge on any atom is -0.479 e. The second kappa shape index (κ2) is 12.1. The van der Waals surface area contributed by atoms with Crippen LogP contribution in [0.5, 0.6) is 0 Å². The molecule has 13 heteroatoms. The van der Waals surface area contributed by atoms with Gasteiger partial charge >= 0.3 is 12.0 Å². The van der Waals surface area contributed by atoms with Crippen LogP contribution < -0.4 is 16.0 Å². The minimum atomic E-state index is -1.13. The molecule has 4 N–H and O–H groups in total. The standard InChI is InChI=1S/C25H28ClN7O5/c1-3-16(12-32-14-29-20-21(27)30-24(26)31-22(20)32)19(37-2)13-38-18(23(34)35)11-15-5-7-17(8-6-15)33-10-4-9-28-25(33)36/h1,5-8,14,16,18-19H,4,9-13H2,2H3,(H,28,36)(H,34,35)(H2,27,30,31)/t16?,18-,19?/m1/s1. The minimum absolute atomic E-state index is 0.0165. The monoisotopic (exact) mass is 541 g/mol. The first-order valence-corrected chi connectivity index (χ1v) is 12.3. The van der Waals surface area contributed by atoms with Gasteiger partial charge in [-0.3, -0.25) is 4.90 Å². The Bertz CT molecular complexity index is 1340. The lowest BCUT2D eigenvalue weighted by Crippen LogP contribution is -2.46. The van der Waals surface area contributed by atoms with E-state index in [9.17, 15) is 14.7 Å². The van der Waals surface area contributed by atoms with Crippen LogP contribution in [0.3, 0.4) is 0 Å². The van der Waals surface area contributed by atoms with Crippen molar-refractivity contribution in [1.29, 1.82) is 0 Å². The number of carbonyl (C=O) groups is 2. The molecule has 1 aliphatic rings. The van der Waals surface area contributed by atoms with Crippen LogP contribution in [0.25, 0.3) is 11.2 Å². The van der Waals surface area contributed by atoms with E-state index in [0.717, 1.165) is 17.7 Å². The first-order valence-electron chi connectivity index (χ1n) is 11.9. The lowest BCUT2D eigenvalue weighted by molar-refractivity contribution is -0.153. The zero-order valence-corrected chi connectivity index (χ0v) is 21.5. The second-order valence-corrected chi connectivity index (χ2v) is 9.10. The number of urea groups is 1. The highest BCUT2D eigenvalue weighted by Crippen LogP contribution is 2.22. The lowest BCUT2D eigenvalue weighted by atomic mass is 10.0. The van der Waals surface area contributed by atoms with Gasteiger partial charge < -0.3 is 30.2 Å². The Morgan fingerprint density at radius 2 is 2.11 bits per heavy atom. The summed E-state index contributed by atoms with van der Waals surface area (Å²) in [6.45, 7) is 1.48. The molecule has 0 aliphatic carbocycles. The number of hydrogen-bond acceptors (Lipinski definition) is 8. The number of benzene rings is 1. The smallest absolute Gasteiger partial charge is 0.333 e. The van der Waals surface area contributed by atoms with E-state index in [1.165, 1.54) is 13.4 Å². The summed E-state index contributed by atoms with van der Waals surface area (Å²) in [5.41, 5.74) is 8.19. The van der Waals surface area contributed by atoms with E-state index in [1.807, 2.05) is 0 Å². The van der Waals surface area contributed by atoms with Crippen molar-refractivity contribution < 1.29 is 24.2 Å². The highest BCUT2D eigenvalue weighted by atomic mass is 35.5. The number of carbonyl (C=O) groups excluding carboxylic acids is 1. The van der Waals surface area contributed by atoms with E-state index in [1.54, 1.807) is 33.7 Å². The number of nitrogen functional groups attached to an aromatic ring is 1. The summed E-state index contributed by atoms with van der Waals surface area (Å²) in [5.74, 6) is 1.22. The average Bonchev–Trinajstić information content (AvgIpc) is 3.30. The number of carboxylic acid groups (broad SMARTS) is 1. The number of imidazole rings is 1. The number of nitrogens with zero attached hydrogens (tertiary/aromatic N) is 5. The molecule has 0 radical (unpaired) electrons. The number of hydrogen-bond donors (Lipinski definition) is 3. The van der Waals surface area contributed by atoms with Crippen LogP contribution >= 0.6 is 11.6 Å². The topological polar surface area (TPSA) is 158 Å². The first-order chi connectivity index (χ1) is 18.3. The van der Waals surface area contributed by atoms with E-state index in [2.05, 4.69) is 26.2 Å². The maximum Gasteiger partial charge on any atom is 0.333 e. The fraction of sp³-hybridized carbons (Fsp3) is 0.400. The van der Waals surface area contributed by atoms with Gasteiger partial charge in [-0.2, -0.15) is 9.97 Å². The number of rotatable bonds is 11. The number of nitrogens with two attached hydrogens (primary N) is 1. The lowest BCUT2D eigenvalue weighted by Gasteiger charge is -2.27. The van der Waals surface area contributed by atoms with Crippen LogP contribution in [0.4, 0.5) is 16.3 Å². The predicted molar refractivity (Wildman–Crippen MR) is 141 cm³/mol. The molecule has 0 spiro atoms. The highest BCUT2D eigenvalue weighted by molar-refractivity contribution is 6.28. The normalized spacial score (nSPS) is 16.0. The van der Waals surface area contributed by atoms with Crippen molar-refractivity contribution in [1.82, 2.24) is 24.8 Å². The van der Waals surface area contributed by atoms with Crippen LogP contribution in [0.2, 0.25) is 5.28 Å². The zero-order chi connectivity index (χ0) is 27.2. The molecular formula is C25H28ClN7O5. The van der Waals surface area contributed by atoms with Crippen molar-refractivity contribution in [3.63, 3.8) is 0 Å². The quantitative estimate of drug-likeness (QED) is 0.244. The molecule has 200 valence electrons. The third-order valence-electron chi connectivity index (χ3n) is 6.31. The largest absolute Gasteiger partial charge is 0.479 e. The third kappa shape index (κ3) is 6.13. The zero-order valence-electron chi connectivity index (χ0n) is 20.7. The van der Waals surface area contributed by atoms with Gasteiger partial charge in [0.15, 0.2) is 17.6 Å². The summed E-state index contributed by atoms with van der Waals surface area (Å²) in [5, 5.41) is 12.6. The highest BCUT2D eigenvalue weighted by Gasteiger charge is 2.26. The second-order valence-electron chi connectivity index (χ2n) is 8.76. The van der Waals surface area contributed by atoms with E-state index in [4.69, 9.17) is 33.2 Å². The molecule has 2 aromatic heterocycles. The number of amides is 2. The van der Waals surface area contributed by atoms with Gasteiger partial charge in [0.2, 0.25) is 5.28 Å². The van der Waals surface area contributed by atoms with Crippen LogP contribution in [0, 0.1) is 18.3 Å². The number of carboxylic acids is 1. The van der Waals surface area contributed by atoms with Crippen molar-refractivity contribution in [2.75, 3.05) is 37.4 Å². The summed E-state index contributed by atoms with van der Waals surface area (Å²) in [6, 6.07) is 7.02. The summed E-state index contributed by atoms with van der Waals surface area (Å²) >= 11 is 5.94. The number of nitrogens with one attached hydrogen (secondary N) is 1. The Kier molecular flexibility index (Phi) is 8.62. The fourth-order valence-corrected chi connectivity index (χ4v) is 4.41. The van der Waals surface area contributed by atoms with E-state index in [0.29, 0.717) is 24.3 Å². The Labute approximate surface area is 224 Å². The molecule has 1 fully saturated rings. The van der Waals surface area contributed by atoms with Crippen molar-refractivity contribution >= 4 is 46.3 Å². The fourth-order valence-electron chi connectivity index (χ4n) is 4.24. The number of methoxy groups -OCH3 is 1. The van der Waals surface area contributed by atoms with Gasteiger partial charge in [-0.25, -0.2) is 14.6 Å². The molecule has 2 unspecified atom stereocenters. The van der Waals surface area contributed by atoms with Gasteiger partial charge in [-0.1, -0.05) is 18.1 Å². The maximum absolute atomic E-state index is 12.1. The van der Waals surface area contributed by atoms with Gasteiger partial charge in [-0.15, -0.1) is 6.42 Å². The summed E-state index contributed by atoms with van der Waals surface area (Å²) in [7, 11) is 1.48. The van der Waals surface area contributed by atoms with Crippen molar-refractivity contribution in [2.24, 2.45) is 5.92 Å². The Hall–Kier alpha value is -3.92. The molecule has 0 bridgehead atoms. The third-order valence-corrected chi connectivity index (χ3v) is 6.48. The van der Waals surface area contributed by atoms with Crippen molar-refractivity contribution in [3.8, 4) is 12.3 Å². The molecule has 2 amide bonds. The number of terminal acetylenes is 1. The number of ether oxygens (including phenoxy) is 2. The molecular weight excluding hydrogens is 514 g/mol. The van der Waals surface area contributed by atoms with Crippen LogP contribution in [0.15, 0.2) is 30.6 Å². The Morgan fingerprint density at radius 1 is 1.34 bits per heavy atom. The van der Waals surface area contributed by atoms with Gasteiger partial charge in [0.05, 0.1) is 25.0 Å². The number of anilines is 2. The number of aromatic nitrogens is 4. The molecule has 1 saturated heterocycles. The van der Waals surface area contributed by atoms with Gasteiger partial charge in [0, 0.05) is 38.9 Å². The molecule has 4 rings (SSSR count). The number of aliphatic carboxylic acids is 1. The van der Waals surface area contributed by atoms with Gasteiger partial charge in [0.25, 0.3) is 0 Å². The SMILES string of the molecule is C#CC(Cn1cnc2c(N)nc(Cl)nc21)C(CO[C@H](Cc1ccc(N2CCCNC2=O)cc1)C(=O)O)OC. The van der Waals surface area contributed by atoms with Crippen LogP contribution in [-0.2, 0) is 27.2 Å².